The number of fused-ring (bicyclic) bond motifs is 1. The first-order chi connectivity index (χ1) is 9.88. The molecule has 3 rings (SSSR count). The lowest BCUT2D eigenvalue weighted by Gasteiger charge is -2.21. The van der Waals surface area contributed by atoms with E-state index < -0.39 is 11.9 Å². The molecule has 0 spiro atoms. The summed E-state index contributed by atoms with van der Waals surface area (Å²) in [5.74, 6) is 0. The summed E-state index contributed by atoms with van der Waals surface area (Å²) >= 11 is 0. The largest absolute Gasteiger partial charge is 0.433 e. The zero-order valence-electron chi connectivity index (χ0n) is 11.6. The van der Waals surface area contributed by atoms with Crippen molar-refractivity contribution in [1.82, 2.24) is 9.55 Å². The van der Waals surface area contributed by atoms with Gasteiger partial charge < -0.3 is 10.3 Å². The molecule has 3 nitrogen and oxygen atoms in total. The maximum Gasteiger partial charge on any atom is 0.433 e. The Balaban J connectivity index is 2.05. The van der Waals surface area contributed by atoms with Crippen molar-refractivity contribution in [2.75, 3.05) is 0 Å². The van der Waals surface area contributed by atoms with E-state index in [2.05, 4.69) is 4.98 Å². The van der Waals surface area contributed by atoms with Crippen LogP contribution < -0.4 is 5.73 Å². The van der Waals surface area contributed by atoms with Crippen molar-refractivity contribution in [3.8, 4) is 5.69 Å². The minimum absolute atomic E-state index is 0.0103. The summed E-state index contributed by atoms with van der Waals surface area (Å²) in [6.07, 6.45) is -0.312. The van der Waals surface area contributed by atoms with E-state index in [1.165, 1.54) is 12.3 Å². The Bertz CT molecular complexity index is 656. The number of nitrogens with two attached hydrogens (primary N) is 1. The SMILES string of the molecule is Cc1cc2c(n1-c1ccc(C(F)(F)F)nc1)CCCC2N. The lowest BCUT2D eigenvalue weighted by atomic mass is 9.93. The predicted octanol–water partition coefficient (Wildman–Crippen LogP) is 3.54. The molecule has 1 unspecified atom stereocenters. The van der Waals surface area contributed by atoms with E-state index in [1.54, 1.807) is 0 Å². The minimum Gasteiger partial charge on any atom is -0.324 e. The van der Waals surface area contributed by atoms with Gasteiger partial charge in [0.2, 0.25) is 0 Å². The molecule has 6 heteroatoms. The highest BCUT2D eigenvalue weighted by Crippen LogP contribution is 2.33. The Kier molecular flexibility index (Phi) is 3.28. The molecule has 0 amide bonds. The maximum absolute atomic E-state index is 12.6. The molecule has 2 heterocycles. The third kappa shape index (κ3) is 2.44. The first-order valence-corrected chi connectivity index (χ1v) is 6.88. The molecule has 1 atom stereocenters. The van der Waals surface area contributed by atoms with Crippen LogP contribution in [0.2, 0.25) is 0 Å². The highest BCUT2D eigenvalue weighted by Gasteiger charge is 2.32. The Morgan fingerprint density at radius 3 is 2.71 bits per heavy atom. The van der Waals surface area contributed by atoms with Gasteiger partial charge in [0.05, 0.1) is 11.9 Å². The van der Waals surface area contributed by atoms with Gasteiger partial charge in [-0.25, -0.2) is 4.98 Å². The molecular weight excluding hydrogens is 279 g/mol. The van der Waals surface area contributed by atoms with Crippen LogP contribution in [0.4, 0.5) is 13.2 Å². The quantitative estimate of drug-likeness (QED) is 0.874. The molecule has 21 heavy (non-hydrogen) atoms. The van der Waals surface area contributed by atoms with E-state index in [-0.39, 0.29) is 6.04 Å². The van der Waals surface area contributed by atoms with Gasteiger partial charge in [-0.15, -0.1) is 0 Å². The van der Waals surface area contributed by atoms with Gasteiger partial charge in [0, 0.05) is 17.4 Å². The summed E-state index contributed by atoms with van der Waals surface area (Å²) in [4.78, 5) is 3.54. The molecule has 2 N–H and O–H groups in total. The van der Waals surface area contributed by atoms with Gasteiger partial charge in [-0.1, -0.05) is 0 Å². The van der Waals surface area contributed by atoms with E-state index in [0.29, 0.717) is 5.69 Å². The molecule has 0 radical (unpaired) electrons. The summed E-state index contributed by atoms with van der Waals surface area (Å²) in [6, 6.07) is 4.51. The van der Waals surface area contributed by atoms with Crippen molar-refractivity contribution in [3.63, 3.8) is 0 Å². The fourth-order valence-corrected chi connectivity index (χ4v) is 2.98. The van der Waals surface area contributed by atoms with Gasteiger partial charge in [-0.3, -0.25) is 0 Å². The summed E-state index contributed by atoms with van der Waals surface area (Å²) in [5.41, 5.74) is 9.04. The molecule has 0 aliphatic heterocycles. The van der Waals surface area contributed by atoms with Gasteiger partial charge in [-0.2, -0.15) is 13.2 Å². The summed E-state index contributed by atoms with van der Waals surface area (Å²) in [5, 5.41) is 0. The van der Waals surface area contributed by atoms with Crippen molar-refractivity contribution >= 4 is 0 Å². The molecule has 0 fully saturated rings. The van der Waals surface area contributed by atoms with Crippen molar-refractivity contribution < 1.29 is 13.2 Å². The third-order valence-electron chi connectivity index (χ3n) is 3.94. The molecule has 0 bridgehead atoms. The Labute approximate surface area is 120 Å². The van der Waals surface area contributed by atoms with Crippen LogP contribution >= 0.6 is 0 Å². The third-order valence-corrected chi connectivity index (χ3v) is 3.94. The van der Waals surface area contributed by atoms with Crippen LogP contribution in [0.1, 0.15) is 41.5 Å². The topological polar surface area (TPSA) is 43.8 Å². The van der Waals surface area contributed by atoms with Crippen LogP contribution in [-0.4, -0.2) is 9.55 Å². The van der Waals surface area contributed by atoms with E-state index in [0.717, 1.165) is 42.3 Å². The Morgan fingerprint density at radius 1 is 1.33 bits per heavy atom. The highest BCUT2D eigenvalue weighted by atomic mass is 19.4. The van der Waals surface area contributed by atoms with Gasteiger partial charge in [0.1, 0.15) is 5.69 Å². The average Bonchev–Trinajstić information content (AvgIpc) is 2.76. The second-order valence-corrected chi connectivity index (χ2v) is 5.42. The second-order valence-electron chi connectivity index (χ2n) is 5.42. The van der Waals surface area contributed by atoms with Crippen molar-refractivity contribution in [2.24, 2.45) is 5.73 Å². The van der Waals surface area contributed by atoms with Gasteiger partial charge in [0.25, 0.3) is 0 Å². The second kappa shape index (κ2) is 4.87. The number of halogens is 3. The van der Waals surface area contributed by atoms with Crippen LogP contribution in [0, 0.1) is 6.92 Å². The molecule has 1 aliphatic carbocycles. The fraction of sp³-hybridized carbons (Fsp3) is 0.400. The maximum atomic E-state index is 12.6. The average molecular weight is 295 g/mol. The predicted molar refractivity (Wildman–Crippen MR) is 73.2 cm³/mol. The number of hydrogen-bond acceptors (Lipinski definition) is 2. The van der Waals surface area contributed by atoms with E-state index >= 15 is 0 Å². The standard InChI is InChI=1S/C15H16F3N3/c1-9-7-11-12(19)3-2-4-13(11)21(9)10-5-6-14(20-8-10)15(16,17)18/h5-8,12H,2-4,19H2,1H3. The van der Waals surface area contributed by atoms with E-state index in [9.17, 15) is 13.2 Å². The summed E-state index contributed by atoms with van der Waals surface area (Å²) < 4.78 is 39.7. The first kappa shape index (κ1) is 14.1. The first-order valence-electron chi connectivity index (χ1n) is 6.88. The van der Waals surface area contributed by atoms with Crippen LogP contribution in [-0.2, 0) is 12.6 Å². The van der Waals surface area contributed by atoms with Gasteiger partial charge in [0.15, 0.2) is 0 Å². The van der Waals surface area contributed by atoms with Crippen LogP contribution in [0.5, 0.6) is 0 Å². The minimum atomic E-state index is -4.41. The number of nitrogens with zero attached hydrogens (tertiary/aromatic N) is 2. The van der Waals surface area contributed by atoms with Crippen molar-refractivity contribution in [3.05, 3.63) is 47.0 Å². The number of alkyl halides is 3. The summed E-state index contributed by atoms with van der Waals surface area (Å²) in [7, 11) is 0. The molecule has 0 saturated carbocycles. The van der Waals surface area contributed by atoms with Gasteiger partial charge in [-0.05, 0) is 49.9 Å². The number of aromatic nitrogens is 2. The van der Waals surface area contributed by atoms with Crippen molar-refractivity contribution in [2.45, 2.75) is 38.4 Å². The lowest BCUT2D eigenvalue weighted by Crippen LogP contribution is -2.18. The summed E-state index contributed by atoms with van der Waals surface area (Å²) in [6.45, 7) is 1.93. The number of aryl methyl sites for hydroxylation is 1. The monoisotopic (exact) mass is 295 g/mol. The van der Waals surface area contributed by atoms with Crippen LogP contribution in [0.25, 0.3) is 5.69 Å². The Morgan fingerprint density at radius 2 is 2.10 bits per heavy atom. The molecule has 112 valence electrons. The van der Waals surface area contributed by atoms with Crippen LogP contribution in [0.3, 0.4) is 0 Å². The molecule has 2 aromatic rings. The lowest BCUT2D eigenvalue weighted by molar-refractivity contribution is -0.141. The van der Waals surface area contributed by atoms with E-state index in [1.807, 2.05) is 17.6 Å². The molecule has 0 saturated heterocycles. The fourth-order valence-electron chi connectivity index (χ4n) is 2.98. The molecular formula is C15H16F3N3. The highest BCUT2D eigenvalue weighted by molar-refractivity contribution is 5.42. The zero-order valence-corrected chi connectivity index (χ0v) is 11.6. The molecule has 0 aromatic carbocycles. The number of pyridine rings is 1. The van der Waals surface area contributed by atoms with Crippen LogP contribution in [0.15, 0.2) is 24.4 Å². The van der Waals surface area contributed by atoms with Gasteiger partial charge >= 0.3 is 6.18 Å². The zero-order chi connectivity index (χ0) is 15.2. The smallest absolute Gasteiger partial charge is 0.324 e. The molecule has 1 aliphatic rings. The Hall–Kier alpha value is -1.82. The molecule has 2 aromatic heterocycles. The normalized spacial score (nSPS) is 18.6. The number of hydrogen-bond donors (Lipinski definition) is 1. The van der Waals surface area contributed by atoms with Crippen molar-refractivity contribution in [1.29, 1.82) is 0 Å². The number of rotatable bonds is 1. The van der Waals surface area contributed by atoms with E-state index in [4.69, 9.17) is 5.73 Å².